The van der Waals surface area contributed by atoms with Crippen molar-refractivity contribution in [2.75, 3.05) is 11.9 Å². The molecule has 0 radical (unpaired) electrons. The SMILES string of the molecule is Cc1ccccc1-c1ccccc1CCCC1N=C(c2ccc(O)cc2)c2cc(Cl)ccc2N(C)C1=O. The zero-order valence-corrected chi connectivity index (χ0v) is 21.7. The molecule has 0 fully saturated rings. The van der Waals surface area contributed by atoms with Crippen LogP contribution >= 0.6 is 11.6 Å². The lowest BCUT2D eigenvalue weighted by atomic mass is 9.93. The van der Waals surface area contributed by atoms with E-state index in [-0.39, 0.29) is 11.7 Å². The van der Waals surface area contributed by atoms with Gasteiger partial charge in [-0.05, 0) is 90.9 Å². The number of hydrogen-bond donors (Lipinski definition) is 1. The van der Waals surface area contributed by atoms with Crippen LogP contribution in [0.3, 0.4) is 0 Å². The van der Waals surface area contributed by atoms with Gasteiger partial charge in [0.05, 0.1) is 11.4 Å². The molecule has 0 saturated heterocycles. The van der Waals surface area contributed by atoms with Crippen molar-refractivity contribution in [2.24, 2.45) is 4.99 Å². The van der Waals surface area contributed by atoms with Crippen LogP contribution in [0.5, 0.6) is 5.75 Å². The molecule has 1 unspecified atom stereocenters. The van der Waals surface area contributed by atoms with E-state index in [1.54, 1.807) is 30.1 Å². The van der Waals surface area contributed by atoms with Gasteiger partial charge in [0.1, 0.15) is 11.8 Å². The summed E-state index contributed by atoms with van der Waals surface area (Å²) < 4.78 is 0. The zero-order valence-electron chi connectivity index (χ0n) is 21.0. The molecule has 37 heavy (non-hydrogen) atoms. The smallest absolute Gasteiger partial charge is 0.251 e. The van der Waals surface area contributed by atoms with Crippen LogP contribution in [0.1, 0.15) is 35.1 Å². The van der Waals surface area contributed by atoms with Crippen LogP contribution in [-0.2, 0) is 11.2 Å². The molecule has 4 aromatic carbocycles. The first-order valence-electron chi connectivity index (χ1n) is 12.5. The summed E-state index contributed by atoms with van der Waals surface area (Å²) in [6.45, 7) is 2.13. The van der Waals surface area contributed by atoms with Gasteiger partial charge in [-0.2, -0.15) is 0 Å². The molecular weight excluding hydrogens is 480 g/mol. The number of phenolic OH excluding ortho intramolecular Hbond substituents is 1. The molecule has 1 atom stereocenters. The van der Waals surface area contributed by atoms with Crippen molar-refractivity contribution < 1.29 is 9.90 Å². The first-order chi connectivity index (χ1) is 17.9. The van der Waals surface area contributed by atoms with E-state index in [1.165, 1.54) is 22.3 Å². The average Bonchev–Trinajstić information content (AvgIpc) is 3.00. The molecule has 0 bridgehead atoms. The normalized spacial score (nSPS) is 15.2. The van der Waals surface area contributed by atoms with E-state index < -0.39 is 6.04 Å². The van der Waals surface area contributed by atoms with Gasteiger partial charge < -0.3 is 10.0 Å². The third-order valence-electron chi connectivity index (χ3n) is 6.99. The summed E-state index contributed by atoms with van der Waals surface area (Å²) in [5.41, 5.74) is 8.11. The summed E-state index contributed by atoms with van der Waals surface area (Å²) in [4.78, 5) is 20.2. The number of aliphatic imine (C=N–C) groups is 1. The first-order valence-corrected chi connectivity index (χ1v) is 12.9. The van der Waals surface area contributed by atoms with Crippen molar-refractivity contribution in [3.8, 4) is 16.9 Å². The summed E-state index contributed by atoms with van der Waals surface area (Å²) in [5, 5.41) is 10.4. The number of aryl methyl sites for hydroxylation is 2. The highest BCUT2D eigenvalue weighted by Crippen LogP contribution is 2.32. The molecule has 0 aromatic heterocycles. The molecule has 4 nitrogen and oxygen atoms in total. The van der Waals surface area contributed by atoms with E-state index in [0.717, 1.165) is 29.7 Å². The van der Waals surface area contributed by atoms with Crippen LogP contribution in [-0.4, -0.2) is 29.8 Å². The van der Waals surface area contributed by atoms with Gasteiger partial charge in [0, 0.05) is 23.2 Å². The number of fused-ring (bicyclic) bond motifs is 1. The summed E-state index contributed by atoms with van der Waals surface area (Å²) in [6, 6.07) is 28.8. The number of aromatic hydroxyl groups is 1. The number of anilines is 1. The van der Waals surface area contributed by atoms with Crippen LogP contribution in [0.15, 0.2) is 96.0 Å². The number of carbonyl (C=O) groups excluding carboxylic acids is 1. The van der Waals surface area contributed by atoms with Crippen LogP contribution in [0.4, 0.5) is 5.69 Å². The van der Waals surface area contributed by atoms with Crippen LogP contribution in [0.25, 0.3) is 11.1 Å². The van der Waals surface area contributed by atoms with Crippen molar-refractivity contribution in [2.45, 2.75) is 32.2 Å². The standard InChI is InChI=1S/C32H29ClN2O2/c1-21-8-3-5-11-26(21)27-12-6-4-9-22(27)10-7-13-29-32(37)35(2)30-19-16-24(33)20-28(30)31(34-29)23-14-17-25(36)18-15-23/h3-6,8-9,11-12,14-20,29,36H,7,10,13H2,1-2H3. The van der Waals surface area contributed by atoms with Gasteiger partial charge in [-0.3, -0.25) is 9.79 Å². The fourth-order valence-corrected chi connectivity index (χ4v) is 5.18. The number of amides is 1. The number of halogens is 1. The minimum atomic E-state index is -0.523. The molecule has 186 valence electrons. The van der Waals surface area contributed by atoms with Crippen molar-refractivity contribution in [1.29, 1.82) is 0 Å². The van der Waals surface area contributed by atoms with Crippen molar-refractivity contribution in [3.63, 3.8) is 0 Å². The quantitative estimate of drug-likeness (QED) is 0.299. The lowest BCUT2D eigenvalue weighted by Crippen LogP contribution is -2.34. The summed E-state index contributed by atoms with van der Waals surface area (Å²) >= 11 is 6.36. The van der Waals surface area contributed by atoms with E-state index >= 15 is 0 Å². The molecule has 5 rings (SSSR count). The predicted molar refractivity (Wildman–Crippen MR) is 152 cm³/mol. The van der Waals surface area contributed by atoms with Gasteiger partial charge in [0.2, 0.25) is 0 Å². The topological polar surface area (TPSA) is 52.9 Å². The molecule has 1 aliphatic heterocycles. The Morgan fingerprint density at radius 2 is 1.59 bits per heavy atom. The van der Waals surface area contributed by atoms with Crippen molar-refractivity contribution >= 4 is 28.9 Å². The Kier molecular flexibility index (Phi) is 7.11. The number of carbonyl (C=O) groups is 1. The van der Waals surface area contributed by atoms with Gasteiger partial charge in [-0.25, -0.2) is 0 Å². The Balaban J connectivity index is 1.45. The monoisotopic (exact) mass is 508 g/mol. The van der Waals surface area contributed by atoms with Gasteiger partial charge in [0.25, 0.3) is 5.91 Å². The summed E-state index contributed by atoms with van der Waals surface area (Å²) in [5.74, 6) is 0.144. The maximum absolute atomic E-state index is 13.5. The summed E-state index contributed by atoms with van der Waals surface area (Å²) in [6.07, 6.45) is 2.28. The Hall–Kier alpha value is -3.89. The van der Waals surface area contributed by atoms with Crippen LogP contribution in [0.2, 0.25) is 5.02 Å². The number of benzene rings is 4. The lowest BCUT2D eigenvalue weighted by molar-refractivity contribution is -0.119. The second-order valence-electron chi connectivity index (χ2n) is 9.46. The third kappa shape index (κ3) is 5.16. The summed E-state index contributed by atoms with van der Waals surface area (Å²) in [7, 11) is 1.80. The number of rotatable bonds is 6. The fraction of sp³-hybridized carbons (Fsp3) is 0.188. The second-order valence-corrected chi connectivity index (χ2v) is 9.90. The van der Waals surface area contributed by atoms with Crippen molar-refractivity contribution in [3.05, 3.63) is 118 Å². The Morgan fingerprint density at radius 1 is 0.892 bits per heavy atom. The molecule has 5 heteroatoms. The van der Waals surface area contributed by atoms with E-state index in [0.29, 0.717) is 17.2 Å². The maximum atomic E-state index is 13.5. The Morgan fingerprint density at radius 3 is 2.35 bits per heavy atom. The number of phenols is 1. The molecule has 0 spiro atoms. The van der Waals surface area contributed by atoms with E-state index in [9.17, 15) is 9.90 Å². The Bertz CT molecular complexity index is 1480. The number of nitrogens with zero attached hydrogens (tertiary/aromatic N) is 2. The van der Waals surface area contributed by atoms with Crippen LogP contribution in [0, 0.1) is 6.92 Å². The van der Waals surface area contributed by atoms with E-state index in [2.05, 4.69) is 55.5 Å². The third-order valence-corrected chi connectivity index (χ3v) is 7.23. The highest BCUT2D eigenvalue weighted by Gasteiger charge is 2.30. The minimum Gasteiger partial charge on any atom is -0.508 e. The van der Waals surface area contributed by atoms with Gasteiger partial charge in [-0.15, -0.1) is 0 Å². The average molecular weight is 509 g/mol. The largest absolute Gasteiger partial charge is 0.508 e. The molecule has 0 saturated carbocycles. The molecular formula is C32H29ClN2O2. The maximum Gasteiger partial charge on any atom is 0.251 e. The lowest BCUT2D eigenvalue weighted by Gasteiger charge is -2.20. The molecule has 1 amide bonds. The minimum absolute atomic E-state index is 0.0375. The van der Waals surface area contributed by atoms with E-state index in [1.807, 2.05) is 24.3 Å². The second kappa shape index (κ2) is 10.6. The number of likely N-dealkylation sites (N-methyl/N-ethyl adjacent to an activating group) is 1. The van der Waals surface area contributed by atoms with Gasteiger partial charge in [-0.1, -0.05) is 60.1 Å². The van der Waals surface area contributed by atoms with Crippen LogP contribution < -0.4 is 4.90 Å². The molecule has 0 aliphatic carbocycles. The molecule has 4 aromatic rings. The van der Waals surface area contributed by atoms with Gasteiger partial charge >= 0.3 is 0 Å². The fourth-order valence-electron chi connectivity index (χ4n) is 5.01. The highest BCUT2D eigenvalue weighted by atomic mass is 35.5. The molecule has 1 aliphatic rings. The first kappa shape index (κ1) is 24.8. The molecule has 1 N–H and O–H groups in total. The number of hydrogen-bond acceptors (Lipinski definition) is 3. The van der Waals surface area contributed by atoms with Crippen molar-refractivity contribution in [1.82, 2.24) is 0 Å². The predicted octanol–water partition coefficient (Wildman–Crippen LogP) is 7.23. The Labute approximate surface area is 222 Å². The number of benzodiazepines with no additional fused rings is 1. The zero-order chi connectivity index (χ0) is 25.9. The molecule has 1 heterocycles. The van der Waals surface area contributed by atoms with E-state index in [4.69, 9.17) is 16.6 Å². The highest BCUT2D eigenvalue weighted by molar-refractivity contribution is 6.32. The van der Waals surface area contributed by atoms with Gasteiger partial charge in [0.15, 0.2) is 0 Å².